The van der Waals surface area contributed by atoms with E-state index in [2.05, 4.69) is 31.8 Å². The lowest BCUT2D eigenvalue weighted by Crippen LogP contribution is -2.35. The van der Waals surface area contributed by atoms with Crippen LogP contribution in [0.5, 0.6) is 0 Å². The smallest absolute Gasteiger partial charge is 0.211 e. The molecule has 0 bridgehead atoms. The fourth-order valence-electron chi connectivity index (χ4n) is 4.18. The van der Waals surface area contributed by atoms with E-state index >= 15 is 0 Å². The van der Waals surface area contributed by atoms with E-state index in [1.807, 2.05) is 16.7 Å². The van der Waals surface area contributed by atoms with Gasteiger partial charge in [-0.3, -0.25) is 8.79 Å². The minimum Gasteiger partial charge on any atom is -0.345 e. The summed E-state index contributed by atoms with van der Waals surface area (Å²) in [5.74, 6) is 1.06. The first kappa shape index (κ1) is 18.3. The van der Waals surface area contributed by atoms with Crippen molar-refractivity contribution in [2.45, 2.75) is 44.6 Å². The van der Waals surface area contributed by atoms with E-state index in [0.29, 0.717) is 18.0 Å². The maximum Gasteiger partial charge on any atom is 0.211 e. The van der Waals surface area contributed by atoms with Gasteiger partial charge >= 0.3 is 0 Å². The summed E-state index contributed by atoms with van der Waals surface area (Å²) in [6.45, 7) is 1.48. The largest absolute Gasteiger partial charge is 0.345 e. The molecular weight excluding hydrogens is 371 g/mol. The van der Waals surface area contributed by atoms with Gasteiger partial charge in [0.2, 0.25) is 10.0 Å². The normalized spacial score (nSPS) is 23.6. The molecule has 3 atom stereocenters. The molecule has 0 aliphatic heterocycles. The molecule has 3 heterocycles. The molecule has 8 nitrogen and oxygen atoms in total. The molecule has 146 valence electrons. The molecule has 27 heavy (non-hydrogen) atoms. The van der Waals surface area contributed by atoms with Gasteiger partial charge in [-0.1, -0.05) is 13.3 Å². The molecule has 0 saturated heterocycles. The fourth-order valence-corrected chi connectivity index (χ4v) is 5.49. The fraction of sp³-hybridized carbons (Fsp3) is 0.588. The van der Waals surface area contributed by atoms with Gasteiger partial charge in [0.25, 0.3) is 0 Å². The van der Waals surface area contributed by atoms with Crippen LogP contribution < -0.4 is 4.72 Å². The van der Waals surface area contributed by atoms with Crippen molar-refractivity contribution in [3.05, 3.63) is 24.3 Å². The molecular formula is C17H23FN6O2S. The van der Waals surface area contributed by atoms with E-state index in [1.165, 1.54) is 0 Å². The third kappa shape index (κ3) is 3.43. The second-order valence-electron chi connectivity index (χ2n) is 7.14. The number of aromatic amines is 1. The van der Waals surface area contributed by atoms with Gasteiger partial charge in [-0.2, -0.15) is 0 Å². The van der Waals surface area contributed by atoms with Gasteiger partial charge < -0.3 is 4.98 Å². The van der Waals surface area contributed by atoms with E-state index in [9.17, 15) is 12.8 Å². The van der Waals surface area contributed by atoms with Crippen molar-refractivity contribution < 1.29 is 12.8 Å². The van der Waals surface area contributed by atoms with Gasteiger partial charge in [-0.15, -0.1) is 10.2 Å². The molecule has 1 aliphatic rings. The number of H-pyrrole nitrogens is 1. The van der Waals surface area contributed by atoms with Crippen LogP contribution in [0, 0.1) is 5.92 Å². The third-order valence-electron chi connectivity index (χ3n) is 5.41. The Labute approximate surface area is 156 Å². The van der Waals surface area contributed by atoms with E-state index < -0.39 is 16.7 Å². The standard InChI is InChI=1S/C17H23FN6O2S/c1-2-11-8-12(23-27(25,26)7-3-5-18)9-13(11)17-22-21-15-10-20-16-14(24(15)17)4-6-19-16/h4,6,10-13,19,23H,2-3,5,7-9H2,1H3/t11-,12+,13+/m1/s1. The molecule has 3 aromatic heterocycles. The van der Waals surface area contributed by atoms with E-state index in [0.717, 1.165) is 29.8 Å². The molecule has 0 spiro atoms. The minimum atomic E-state index is -3.47. The van der Waals surface area contributed by atoms with Crippen LogP contribution in [-0.4, -0.2) is 51.5 Å². The summed E-state index contributed by atoms with van der Waals surface area (Å²) in [6, 6.07) is 1.77. The lowest BCUT2D eigenvalue weighted by molar-refractivity contribution is 0.449. The van der Waals surface area contributed by atoms with Crippen molar-refractivity contribution in [1.29, 1.82) is 0 Å². The van der Waals surface area contributed by atoms with Gasteiger partial charge in [0.05, 0.1) is 24.1 Å². The lowest BCUT2D eigenvalue weighted by Gasteiger charge is -2.16. The molecule has 0 unspecified atom stereocenters. The van der Waals surface area contributed by atoms with E-state index in [-0.39, 0.29) is 24.1 Å². The summed E-state index contributed by atoms with van der Waals surface area (Å²) in [5.41, 5.74) is 2.35. The molecule has 3 aromatic rings. The number of alkyl halides is 1. The summed E-state index contributed by atoms with van der Waals surface area (Å²) in [4.78, 5) is 7.43. The zero-order valence-electron chi connectivity index (χ0n) is 15.1. The highest BCUT2D eigenvalue weighted by Crippen LogP contribution is 2.41. The Kier molecular flexibility index (Phi) is 4.85. The van der Waals surface area contributed by atoms with Gasteiger partial charge in [-0.25, -0.2) is 18.1 Å². The van der Waals surface area contributed by atoms with Crippen molar-refractivity contribution in [2.75, 3.05) is 12.4 Å². The predicted molar refractivity (Wildman–Crippen MR) is 99.7 cm³/mol. The highest BCUT2D eigenvalue weighted by atomic mass is 32.2. The van der Waals surface area contributed by atoms with Crippen LogP contribution in [0.1, 0.15) is 44.3 Å². The number of aromatic nitrogens is 5. The lowest BCUT2D eigenvalue weighted by atomic mass is 9.93. The number of hydrogen-bond donors (Lipinski definition) is 2. The summed E-state index contributed by atoms with van der Waals surface area (Å²) in [7, 11) is -3.47. The molecule has 0 radical (unpaired) electrons. The second-order valence-corrected chi connectivity index (χ2v) is 9.02. The Morgan fingerprint density at radius 1 is 1.37 bits per heavy atom. The monoisotopic (exact) mass is 394 g/mol. The van der Waals surface area contributed by atoms with Gasteiger partial charge in [0.1, 0.15) is 5.82 Å². The van der Waals surface area contributed by atoms with Gasteiger partial charge in [0, 0.05) is 18.2 Å². The molecule has 0 aromatic carbocycles. The second kappa shape index (κ2) is 7.16. The first-order chi connectivity index (χ1) is 13.0. The molecule has 1 fully saturated rings. The summed E-state index contributed by atoms with van der Waals surface area (Å²) in [5, 5.41) is 8.68. The summed E-state index contributed by atoms with van der Waals surface area (Å²) >= 11 is 0. The van der Waals surface area contributed by atoms with Crippen molar-refractivity contribution in [3.8, 4) is 0 Å². The predicted octanol–water partition coefficient (Wildman–Crippen LogP) is 2.16. The zero-order valence-corrected chi connectivity index (χ0v) is 15.9. The van der Waals surface area contributed by atoms with Crippen LogP contribution in [0.4, 0.5) is 4.39 Å². The molecule has 4 rings (SSSR count). The number of sulfonamides is 1. The Balaban J connectivity index is 1.64. The van der Waals surface area contributed by atoms with Crippen LogP contribution in [0.15, 0.2) is 18.5 Å². The van der Waals surface area contributed by atoms with Crippen LogP contribution in [0.3, 0.4) is 0 Å². The van der Waals surface area contributed by atoms with Crippen LogP contribution in [-0.2, 0) is 10.0 Å². The number of fused-ring (bicyclic) bond motifs is 3. The Morgan fingerprint density at radius 3 is 3.00 bits per heavy atom. The molecule has 0 amide bonds. The molecule has 10 heteroatoms. The number of nitrogens with zero attached hydrogens (tertiary/aromatic N) is 4. The first-order valence-corrected chi connectivity index (χ1v) is 10.9. The van der Waals surface area contributed by atoms with Crippen LogP contribution in [0.2, 0.25) is 0 Å². The Bertz CT molecular complexity index is 1050. The highest BCUT2D eigenvalue weighted by molar-refractivity contribution is 7.89. The highest BCUT2D eigenvalue weighted by Gasteiger charge is 2.38. The number of nitrogens with one attached hydrogen (secondary N) is 2. The summed E-state index contributed by atoms with van der Waals surface area (Å²) < 4.78 is 41.4. The van der Waals surface area contributed by atoms with E-state index in [1.54, 1.807) is 6.20 Å². The number of hydrogen-bond acceptors (Lipinski definition) is 5. The molecule has 1 aliphatic carbocycles. The maximum atomic E-state index is 12.3. The van der Waals surface area contributed by atoms with E-state index in [4.69, 9.17) is 0 Å². The van der Waals surface area contributed by atoms with Crippen molar-refractivity contribution in [3.63, 3.8) is 0 Å². The van der Waals surface area contributed by atoms with Gasteiger partial charge in [-0.05, 0) is 31.2 Å². The first-order valence-electron chi connectivity index (χ1n) is 9.25. The number of rotatable bonds is 7. The van der Waals surface area contributed by atoms with Gasteiger partial charge in [0.15, 0.2) is 11.3 Å². The average molecular weight is 394 g/mol. The minimum absolute atomic E-state index is 0.0238. The molecule has 2 N–H and O–H groups in total. The topological polar surface area (TPSA) is 105 Å². The van der Waals surface area contributed by atoms with Crippen LogP contribution in [0.25, 0.3) is 16.8 Å². The Morgan fingerprint density at radius 2 is 2.22 bits per heavy atom. The maximum absolute atomic E-state index is 12.3. The van der Waals surface area contributed by atoms with Crippen molar-refractivity contribution >= 4 is 26.8 Å². The third-order valence-corrected chi connectivity index (χ3v) is 6.93. The van der Waals surface area contributed by atoms with Crippen molar-refractivity contribution in [2.24, 2.45) is 5.92 Å². The number of halogens is 1. The van der Waals surface area contributed by atoms with Crippen LogP contribution >= 0.6 is 0 Å². The molecule has 1 saturated carbocycles. The summed E-state index contributed by atoms with van der Waals surface area (Å²) in [6.07, 6.45) is 5.85. The zero-order chi connectivity index (χ0) is 19.0. The quantitative estimate of drug-likeness (QED) is 0.639. The average Bonchev–Trinajstić information content (AvgIpc) is 3.35. The Hall–Kier alpha value is -2.07. The van der Waals surface area contributed by atoms with Crippen molar-refractivity contribution in [1.82, 2.24) is 29.3 Å². The SMILES string of the molecule is CC[C@@H]1C[C@H](NS(=O)(=O)CCCF)C[C@@H]1c1nnc2cnc3[nH]ccc3n12.